The van der Waals surface area contributed by atoms with Gasteiger partial charge < -0.3 is 10.6 Å². The number of hydrogen-bond acceptors (Lipinski definition) is 2. The Morgan fingerprint density at radius 2 is 2.10 bits per heavy atom. The van der Waals surface area contributed by atoms with Crippen molar-refractivity contribution >= 4 is 23.2 Å². The summed E-state index contributed by atoms with van der Waals surface area (Å²) in [7, 11) is 0. The Kier molecular flexibility index (Phi) is 3.60. The van der Waals surface area contributed by atoms with Gasteiger partial charge in [0.05, 0.1) is 0 Å². The number of aryl methyl sites for hydroxylation is 1. The maximum atomic E-state index is 12.6. The molecular formula is C17H17ClN2O. The summed E-state index contributed by atoms with van der Waals surface area (Å²) in [5.41, 5.74) is 10.7. The van der Waals surface area contributed by atoms with Gasteiger partial charge in [-0.3, -0.25) is 4.79 Å². The standard InChI is InChI=1S/C17H17ClN2O/c1-11-5-6-13(9-15(11)18)17(21)20-8-7-12-3-2-4-16(19)14(12)10-20/h2-6,9H,7-8,10,19H2,1H3. The summed E-state index contributed by atoms with van der Waals surface area (Å²) >= 11 is 6.11. The van der Waals surface area contributed by atoms with Crippen LogP contribution in [0.15, 0.2) is 36.4 Å². The number of halogens is 1. The van der Waals surface area contributed by atoms with E-state index in [-0.39, 0.29) is 5.91 Å². The van der Waals surface area contributed by atoms with Crippen LogP contribution in [0.25, 0.3) is 0 Å². The van der Waals surface area contributed by atoms with Crippen LogP contribution in [0.5, 0.6) is 0 Å². The van der Waals surface area contributed by atoms with Crippen molar-refractivity contribution in [2.24, 2.45) is 0 Å². The predicted molar refractivity (Wildman–Crippen MR) is 85.5 cm³/mol. The van der Waals surface area contributed by atoms with E-state index in [2.05, 4.69) is 6.07 Å². The summed E-state index contributed by atoms with van der Waals surface area (Å²) in [6.45, 7) is 3.20. The average molecular weight is 301 g/mol. The van der Waals surface area contributed by atoms with Crippen molar-refractivity contribution in [3.05, 3.63) is 63.7 Å². The second-order valence-corrected chi connectivity index (χ2v) is 5.83. The molecule has 0 radical (unpaired) electrons. The lowest BCUT2D eigenvalue weighted by molar-refractivity contribution is 0.0735. The molecule has 0 saturated heterocycles. The molecule has 1 aliphatic rings. The van der Waals surface area contributed by atoms with E-state index in [0.717, 1.165) is 23.2 Å². The van der Waals surface area contributed by atoms with Crippen LogP contribution in [-0.2, 0) is 13.0 Å². The van der Waals surface area contributed by atoms with E-state index in [4.69, 9.17) is 17.3 Å². The van der Waals surface area contributed by atoms with Gasteiger partial charge in [0.2, 0.25) is 0 Å². The maximum Gasteiger partial charge on any atom is 0.254 e. The van der Waals surface area contributed by atoms with Gasteiger partial charge >= 0.3 is 0 Å². The SMILES string of the molecule is Cc1ccc(C(=O)N2CCc3cccc(N)c3C2)cc1Cl. The Balaban J connectivity index is 1.87. The fourth-order valence-electron chi connectivity index (χ4n) is 2.69. The first kappa shape index (κ1) is 14.0. The minimum atomic E-state index is 0.00537. The van der Waals surface area contributed by atoms with Crippen molar-refractivity contribution in [2.75, 3.05) is 12.3 Å². The van der Waals surface area contributed by atoms with Crippen LogP contribution in [0.2, 0.25) is 5.02 Å². The Labute approximate surface area is 129 Å². The molecule has 4 heteroatoms. The smallest absolute Gasteiger partial charge is 0.254 e. The highest BCUT2D eigenvalue weighted by atomic mass is 35.5. The van der Waals surface area contributed by atoms with Gasteiger partial charge in [0, 0.05) is 29.4 Å². The normalized spacial score (nSPS) is 13.9. The van der Waals surface area contributed by atoms with Gasteiger partial charge in [0.15, 0.2) is 0 Å². The van der Waals surface area contributed by atoms with E-state index in [1.54, 1.807) is 6.07 Å². The van der Waals surface area contributed by atoms with Gasteiger partial charge in [-0.05, 0) is 48.2 Å². The molecule has 0 spiro atoms. The molecule has 0 saturated carbocycles. The number of nitrogen functional groups attached to an aromatic ring is 1. The van der Waals surface area contributed by atoms with E-state index >= 15 is 0 Å². The number of amides is 1. The van der Waals surface area contributed by atoms with Crippen molar-refractivity contribution in [3.8, 4) is 0 Å². The molecule has 2 aromatic carbocycles. The Morgan fingerprint density at radius 1 is 1.29 bits per heavy atom. The third-order valence-corrected chi connectivity index (χ3v) is 4.42. The average Bonchev–Trinajstić information content (AvgIpc) is 2.49. The van der Waals surface area contributed by atoms with Crippen LogP contribution in [0.1, 0.15) is 27.0 Å². The minimum Gasteiger partial charge on any atom is -0.398 e. The van der Waals surface area contributed by atoms with Crippen molar-refractivity contribution in [1.29, 1.82) is 0 Å². The first-order valence-corrected chi connectivity index (χ1v) is 7.35. The molecule has 3 nitrogen and oxygen atoms in total. The van der Waals surface area contributed by atoms with Crippen LogP contribution in [-0.4, -0.2) is 17.4 Å². The lowest BCUT2D eigenvalue weighted by Gasteiger charge is -2.30. The maximum absolute atomic E-state index is 12.6. The molecule has 0 fully saturated rings. The van der Waals surface area contributed by atoms with Gasteiger partial charge in [-0.15, -0.1) is 0 Å². The number of rotatable bonds is 1. The van der Waals surface area contributed by atoms with Crippen LogP contribution in [0.3, 0.4) is 0 Å². The molecule has 0 bridgehead atoms. The number of hydrogen-bond donors (Lipinski definition) is 1. The first-order chi connectivity index (χ1) is 10.1. The van der Waals surface area contributed by atoms with E-state index in [1.807, 2.05) is 36.1 Å². The van der Waals surface area contributed by atoms with E-state index in [9.17, 15) is 4.79 Å². The number of carbonyl (C=O) groups is 1. The van der Waals surface area contributed by atoms with Crippen molar-refractivity contribution in [2.45, 2.75) is 19.9 Å². The largest absolute Gasteiger partial charge is 0.398 e. The highest BCUT2D eigenvalue weighted by Crippen LogP contribution is 2.26. The lowest BCUT2D eigenvalue weighted by Crippen LogP contribution is -2.36. The highest BCUT2D eigenvalue weighted by Gasteiger charge is 2.23. The zero-order chi connectivity index (χ0) is 15.0. The quantitative estimate of drug-likeness (QED) is 0.820. The molecule has 108 valence electrons. The van der Waals surface area contributed by atoms with Crippen LogP contribution >= 0.6 is 11.6 Å². The number of carbonyl (C=O) groups excluding carboxylic acids is 1. The molecule has 0 aliphatic carbocycles. The fraction of sp³-hybridized carbons (Fsp3) is 0.235. The van der Waals surface area contributed by atoms with Crippen LogP contribution in [0.4, 0.5) is 5.69 Å². The number of nitrogens with two attached hydrogens (primary N) is 1. The summed E-state index contributed by atoms with van der Waals surface area (Å²) in [6, 6.07) is 11.4. The topological polar surface area (TPSA) is 46.3 Å². The second kappa shape index (κ2) is 5.41. The first-order valence-electron chi connectivity index (χ1n) is 6.98. The molecule has 1 aliphatic heterocycles. The zero-order valence-corrected chi connectivity index (χ0v) is 12.7. The molecule has 0 unspecified atom stereocenters. The van der Waals surface area contributed by atoms with Crippen molar-refractivity contribution in [3.63, 3.8) is 0 Å². The molecule has 2 aromatic rings. The van der Waals surface area contributed by atoms with Gasteiger partial charge in [-0.1, -0.05) is 29.8 Å². The van der Waals surface area contributed by atoms with Gasteiger partial charge in [-0.25, -0.2) is 0 Å². The molecule has 2 N–H and O–H groups in total. The number of benzene rings is 2. The molecule has 3 rings (SSSR count). The van der Waals surface area contributed by atoms with Gasteiger partial charge in [0.1, 0.15) is 0 Å². The molecular weight excluding hydrogens is 284 g/mol. The second-order valence-electron chi connectivity index (χ2n) is 5.43. The minimum absolute atomic E-state index is 0.00537. The Bertz CT molecular complexity index is 712. The number of nitrogens with zero attached hydrogens (tertiary/aromatic N) is 1. The van der Waals surface area contributed by atoms with Crippen molar-refractivity contribution < 1.29 is 4.79 Å². The fourth-order valence-corrected chi connectivity index (χ4v) is 2.87. The third-order valence-electron chi connectivity index (χ3n) is 4.02. The summed E-state index contributed by atoms with van der Waals surface area (Å²) in [5, 5.41) is 0.623. The zero-order valence-electron chi connectivity index (χ0n) is 11.9. The summed E-state index contributed by atoms with van der Waals surface area (Å²) in [5.74, 6) is 0.00537. The summed E-state index contributed by atoms with van der Waals surface area (Å²) in [4.78, 5) is 14.4. The molecule has 0 atom stereocenters. The number of fused-ring (bicyclic) bond motifs is 1. The van der Waals surface area contributed by atoms with Crippen LogP contribution in [0, 0.1) is 6.92 Å². The Morgan fingerprint density at radius 3 is 2.86 bits per heavy atom. The monoisotopic (exact) mass is 300 g/mol. The number of anilines is 1. The van der Waals surface area contributed by atoms with Gasteiger partial charge in [-0.2, -0.15) is 0 Å². The van der Waals surface area contributed by atoms with E-state index in [0.29, 0.717) is 23.7 Å². The molecule has 21 heavy (non-hydrogen) atoms. The van der Waals surface area contributed by atoms with Gasteiger partial charge in [0.25, 0.3) is 5.91 Å². The predicted octanol–water partition coefficient (Wildman–Crippen LogP) is 3.43. The highest BCUT2D eigenvalue weighted by molar-refractivity contribution is 6.31. The van der Waals surface area contributed by atoms with E-state index < -0.39 is 0 Å². The summed E-state index contributed by atoms with van der Waals surface area (Å²) < 4.78 is 0. The van der Waals surface area contributed by atoms with Crippen LogP contribution < -0.4 is 5.73 Å². The summed E-state index contributed by atoms with van der Waals surface area (Å²) in [6.07, 6.45) is 0.839. The molecule has 1 amide bonds. The third kappa shape index (κ3) is 2.61. The molecule has 1 heterocycles. The van der Waals surface area contributed by atoms with Crippen molar-refractivity contribution in [1.82, 2.24) is 4.90 Å². The Hall–Kier alpha value is -2.00. The molecule has 0 aromatic heterocycles. The lowest BCUT2D eigenvalue weighted by atomic mass is 9.97. The van der Waals surface area contributed by atoms with E-state index in [1.165, 1.54) is 5.56 Å².